The van der Waals surface area contributed by atoms with E-state index in [1.54, 1.807) is 6.07 Å². The van der Waals surface area contributed by atoms with Crippen LogP contribution in [-0.4, -0.2) is 46.7 Å². The minimum absolute atomic E-state index is 0.0273. The summed E-state index contributed by atoms with van der Waals surface area (Å²) in [5, 5.41) is 10.0. The first-order valence-electron chi connectivity index (χ1n) is 8.89. The highest BCUT2D eigenvalue weighted by atomic mass is 16.5. The van der Waals surface area contributed by atoms with Crippen molar-refractivity contribution in [3.63, 3.8) is 0 Å². The summed E-state index contributed by atoms with van der Waals surface area (Å²) >= 11 is 0. The number of fused-ring (bicyclic) bond motifs is 1. The quantitative estimate of drug-likeness (QED) is 0.926. The molecule has 2 aliphatic heterocycles. The maximum atomic E-state index is 13.2. The van der Waals surface area contributed by atoms with Crippen molar-refractivity contribution in [1.82, 2.24) is 4.90 Å². The van der Waals surface area contributed by atoms with E-state index in [1.165, 1.54) is 0 Å². The zero-order chi connectivity index (χ0) is 16.7. The maximum absolute atomic E-state index is 13.2. The molecule has 1 saturated carbocycles. The van der Waals surface area contributed by atoms with E-state index in [0.29, 0.717) is 17.7 Å². The number of rotatable bonds is 3. The number of nitrogens with zero attached hydrogens (tertiary/aromatic N) is 1. The molecule has 5 nitrogen and oxygen atoms in total. The summed E-state index contributed by atoms with van der Waals surface area (Å²) < 4.78 is 5.75. The van der Waals surface area contributed by atoms with Crippen LogP contribution >= 0.6 is 0 Å². The largest absolute Gasteiger partial charge is 0.481 e. The summed E-state index contributed by atoms with van der Waals surface area (Å²) in [5.74, 6) is -1.50. The summed E-state index contributed by atoms with van der Waals surface area (Å²) in [6.45, 7) is 1.25. The molecule has 1 amide bonds. The zero-order valence-corrected chi connectivity index (χ0v) is 13.7. The third kappa shape index (κ3) is 2.25. The Morgan fingerprint density at radius 2 is 2.00 bits per heavy atom. The molecule has 4 rings (SSSR count). The van der Waals surface area contributed by atoms with Crippen molar-refractivity contribution in [2.24, 2.45) is 0 Å². The molecule has 1 spiro atoms. The average Bonchev–Trinajstić information content (AvgIpc) is 3.24. The smallest absolute Gasteiger partial charge is 0.313 e. The number of hydrogen-bond donors (Lipinski definition) is 1. The lowest BCUT2D eigenvalue weighted by Crippen LogP contribution is -2.60. The van der Waals surface area contributed by atoms with E-state index in [1.807, 2.05) is 23.1 Å². The average molecular weight is 329 g/mol. The van der Waals surface area contributed by atoms with Crippen molar-refractivity contribution in [3.05, 3.63) is 35.4 Å². The van der Waals surface area contributed by atoms with E-state index < -0.39 is 17.4 Å². The highest BCUT2D eigenvalue weighted by molar-refractivity contribution is 6.01. The standard InChI is InChI=1S/C19H23NO4/c21-17-15-8-2-1-7-14(15)16(18(22)23)19(9-3-4-10-19)20(17)12-13-6-5-11-24-13/h1-2,7-8,13,16H,3-6,9-12H2,(H,22,23). The van der Waals surface area contributed by atoms with Gasteiger partial charge in [0.1, 0.15) is 5.92 Å². The van der Waals surface area contributed by atoms with Gasteiger partial charge in [0.25, 0.3) is 5.91 Å². The van der Waals surface area contributed by atoms with E-state index in [-0.39, 0.29) is 12.0 Å². The molecule has 5 heteroatoms. The molecule has 2 unspecified atom stereocenters. The Balaban J connectivity index is 1.81. The van der Waals surface area contributed by atoms with Crippen molar-refractivity contribution in [2.45, 2.75) is 56.1 Å². The van der Waals surface area contributed by atoms with Gasteiger partial charge < -0.3 is 14.7 Å². The second-order valence-corrected chi connectivity index (χ2v) is 7.22. The van der Waals surface area contributed by atoms with Crippen LogP contribution in [0.25, 0.3) is 0 Å². The van der Waals surface area contributed by atoms with Gasteiger partial charge in [-0.15, -0.1) is 0 Å². The topological polar surface area (TPSA) is 66.8 Å². The third-order valence-corrected chi connectivity index (χ3v) is 5.95. The van der Waals surface area contributed by atoms with Gasteiger partial charge >= 0.3 is 5.97 Å². The Morgan fingerprint density at radius 3 is 2.67 bits per heavy atom. The van der Waals surface area contributed by atoms with Crippen LogP contribution in [0.5, 0.6) is 0 Å². The van der Waals surface area contributed by atoms with Crippen LogP contribution in [0.3, 0.4) is 0 Å². The number of carbonyl (C=O) groups excluding carboxylic acids is 1. The molecular weight excluding hydrogens is 306 g/mol. The molecule has 128 valence electrons. The van der Waals surface area contributed by atoms with Gasteiger partial charge in [0.15, 0.2) is 0 Å². The first kappa shape index (κ1) is 15.6. The predicted molar refractivity (Wildman–Crippen MR) is 88.0 cm³/mol. The second-order valence-electron chi connectivity index (χ2n) is 7.22. The van der Waals surface area contributed by atoms with Crippen molar-refractivity contribution in [2.75, 3.05) is 13.2 Å². The number of amides is 1. The van der Waals surface area contributed by atoms with Gasteiger partial charge in [-0.1, -0.05) is 31.0 Å². The highest BCUT2D eigenvalue weighted by Crippen LogP contribution is 2.50. The maximum Gasteiger partial charge on any atom is 0.313 e. The summed E-state index contributed by atoms with van der Waals surface area (Å²) in [6.07, 6.45) is 5.46. The molecule has 2 fully saturated rings. The minimum Gasteiger partial charge on any atom is -0.481 e. The van der Waals surface area contributed by atoms with Gasteiger partial charge in [-0.05, 0) is 37.3 Å². The van der Waals surface area contributed by atoms with Gasteiger partial charge in [-0.2, -0.15) is 0 Å². The van der Waals surface area contributed by atoms with Crippen LogP contribution in [0.15, 0.2) is 24.3 Å². The van der Waals surface area contributed by atoms with Gasteiger partial charge in [0.05, 0.1) is 11.6 Å². The fourth-order valence-electron chi connectivity index (χ4n) is 4.90. The van der Waals surface area contributed by atoms with E-state index in [4.69, 9.17) is 4.74 Å². The SMILES string of the molecule is O=C(O)C1c2ccccc2C(=O)N(CC2CCCO2)C12CCCC2. The molecule has 1 aliphatic carbocycles. The Morgan fingerprint density at radius 1 is 1.25 bits per heavy atom. The number of ether oxygens (including phenoxy) is 1. The van der Waals surface area contributed by atoms with Gasteiger partial charge in [-0.3, -0.25) is 9.59 Å². The summed E-state index contributed by atoms with van der Waals surface area (Å²) in [6, 6.07) is 7.22. The lowest BCUT2D eigenvalue weighted by atomic mass is 9.71. The van der Waals surface area contributed by atoms with Crippen LogP contribution in [0.2, 0.25) is 0 Å². The van der Waals surface area contributed by atoms with Crippen LogP contribution in [0.1, 0.15) is 60.4 Å². The predicted octanol–water partition coefficient (Wildman–Crippen LogP) is 2.80. The first-order chi connectivity index (χ1) is 11.6. The van der Waals surface area contributed by atoms with Gasteiger partial charge in [0.2, 0.25) is 0 Å². The molecule has 2 atom stereocenters. The molecule has 3 aliphatic rings. The van der Waals surface area contributed by atoms with Crippen molar-refractivity contribution in [3.8, 4) is 0 Å². The minimum atomic E-state index is -0.825. The van der Waals surface area contributed by atoms with Crippen LogP contribution < -0.4 is 0 Å². The van der Waals surface area contributed by atoms with Crippen LogP contribution in [0.4, 0.5) is 0 Å². The molecule has 1 aromatic rings. The Bertz CT molecular complexity index is 659. The van der Waals surface area contributed by atoms with E-state index in [9.17, 15) is 14.7 Å². The van der Waals surface area contributed by atoms with E-state index in [2.05, 4.69) is 0 Å². The summed E-state index contributed by atoms with van der Waals surface area (Å²) in [5.41, 5.74) is 0.629. The molecule has 0 bridgehead atoms. The Kier molecular flexibility index (Phi) is 3.83. The van der Waals surface area contributed by atoms with Gasteiger partial charge in [0, 0.05) is 18.7 Å². The number of benzene rings is 1. The lowest BCUT2D eigenvalue weighted by molar-refractivity contribution is -0.143. The van der Waals surface area contributed by atoms with Crippen molar-refractivity contribution < 1.29 is 19.4 Å². The number of carbonyl (C=O) groups is 2. The highest BCUT2D eigenvalue weighted by Gasteiger charge is 2.56. The number of hydrogen-bond acceptors (Lipinski definition) is 3. The number of aliphatic carboxylic acids is 1. The normalized spacial score (nSPS) is 28.3. The second kappa shape index (κ2) is 5.88. The Labute approximate surface area is 141 Å². The van der Waals surface area contributed by atoms with Gasteiger partial charge in [-0.25, -0.2) is 0 Å². The third-order valence-electron chi connectivity index (χ3n) is 5.95. The lowest BCUT2D eigenvalue weighted by Gasteiger charge is -2.49. The molecule has 0 radical (unpaired) electrons. The summed E-state index contributed by atoms with van der Waals surface area (Å²) in [7, 11) is 0. The zero-order valence-electron chi connectivity index (χ0n) is 13.7. The van der Waals surface area contributed by atoms with Crippen molar-refractivity contribution in [1.29, 1.82) is 0 Å². The monoisotopic (exact) mass is 329 g/mol. The van der Waals surface area contributed by atoms with E-state index in [0.717, 1.165) is 45.1 Å². The first-order valence-corrected chi connectivity index (χ1v) is 8.89. The molecular formula is C19H23NO4. The number of carboxylic acids is 1. The Hall–Kier alpha value is -1.88. The van der Waals surface area contributed by atoms with Crippen LogP contribution in [-0.2, 0) is 9.53 Å². The molecule has 24 heavy (non-hydrogen) atoms. The molecule has 1 N–H and O–H groups in total. The van der Waals surface area contributed by atoms with E-state index >= 15 is 0 Å². The molecule has 2 heterocycles. The number of carboxylic acid groups (broad SMARTS) is 1. The van der Waals surface area contributed by atoms with Crippen molar-refractivity contribution >= 4 is 11.9 Å². The van der Waals surface area contributed by atoms with Crippen LogP contribution in [0, 0.1) is 0 Å². The fraction of sp³-hybridized carbons (Fsp3) is 0.579. The fourth-order valence-corrected chi connectivity index (χ4v) is 4.90. The summed E-state index contributed by atoms with van der Waals surface area (Å²) in [4.78, 5) is 27.3. The molecule has 1 aromatic carbocycles. The molecule has 0 aromatic heterocycles. The molecule has 1 saturated heterocycles.